The maximum Gasteiger partial charge on any atom is 0.306 e. The van der Waals surface area contributed by atoms with Gasteiger partial charge in [0.15, 0.2) is 0 Å². The number of esters is 1. The number of amides is 1. The number of nitrogens with one attached hydrogen (secondary N) is 1. The molecule has 0 saturated heterocycles. The molecule has 5 heteroatoms. The van der Waals surface area contributed by atoms with E-state index >= 15 is 0 Å². The molecule has 0 aliphatic rings. The van der Waals surface area contributed by atoms with Crippen LogP contribution in [0.2, 0.25) is 0 Å². The zero-order chi connectivity index (χ0) is 19.2. The molecule has 0 spiro atoms. The molecule has 0 rings (SSSR count). The van der Waals surface area contributed by atoms with Gasteiger partial charge in [-0.05, 0) is 68.2 Å². The monoisotopic (exact) mass is 343 g/mol. The van der Waals surface area contributed by atoms with E-state index in [1.54, 1.807) is 0 Å². The van der Waals surface area contributed by atoms with Gasteiger partial charge >= 0.3 is 5.97 Å². The van der Waals surface area contributed by atoms with Gasteiger partial charge in [0.05, 0.1) is 5.60 Å². The van der Waals surface area contributed by atoms with Crippen LogP contribution in [0.15, 0.2) is 0 Å². The second kappa shape index (κ2) is 8.84. The van der Waals surface area contributed by atoms with Gasteiger partial charge in [-0.3, -0.25) is 9.59 Å². The molecule has 0 aromatic heterocycles. The van der Waals surface area contributed by atoms with E-state index in [1.807, 2.05) is 62.3 Å². The van der Waals surface area contributed by atoms with Crippen molar-refractivity contribution in [1.82, 2.24) is 5.32 Å². The van der Waals surface area contributed by atoms with E-state index in [-0.39, 0.29) is 35.4 Å². The zero-order valence-electron chi connectivity index (χ0n) is 17.0. The average molecular weight is 344 g/mol. The number of rotatable bonds is 8. The van der Waals surface area contributed by atoms with E-state index in [2.05, 4.69) is 5.32 Å². The Hall–Kier alpha value is -1.10. The van der Waals surface area contributed by atoms with Crippen LogP contribution >= 0.6 is 0 Å². The Kier molecular flexibility index (Phi) is 8.43. The lowest BCUT2D eigenvalue weighted by atomic mass is 9.98. The Morgan fingerprint density at radius 3 is 1.96 bits per heavy atom. The van der Waals surface area contributed by atoms with Gasteiger partial charge in [-0.2, -0.15) is 0 Å². The third-order valence-corrected chi connectivity index (χ3v) is 3.37. The molecule has 0 heterocycles. The molecule has 0 aliphatic carbocycles. The molecular weight excluding hydrogens is 306 g/mol. The first-order valence-corrected chi connectivity index (χ1v) is 8.79. The molecule has 0 saturated carbocycles. The van der Waals surface area contributed by atoms with Crippen LogP contribution in [0, 0.1) is 5.92 Å². The third kappa shape index (κ3) is 12.3. The van der Waals surface area contributed by atoms with Gasteiger partial charge in [-0.1, -0.05) is 6.92 Å². The average Bonchev–Trinajstić information content (AvgIpc) is 2.31. The van der Waals surface area contributed by atoms with Gasteiger partial charge < -0.3 is 14.8 Å². The van der Waals surface area contributed by atoms with Crippen molar-refractivity contribution in [3.63, 3.8) is 0 Å². The predicted molar refractivity (Wildman–Crippen MR) is 96.8 cm³/mol. The number of carbonyl (C=O) groups is 2. The van der Waals surface area contributed by atoms with Crippen molar-refractivity contribution in [2.75, 3.05) is 6.61 Å². The van der Waals surface area contributed by atoms with E-state index in [0.717, 1.165) is 6.42 Å². The van der Waals surface area contributed by atoms with E-state index < -0.39 is 5.60 Å². The largest absolute Gasteiger partial charge is 0.460 e. The molecule has 0 fully saturated rings. The van der Waals surface area contributed by atoms with Gasteiger partial charge in [0.2, 0.25) is 5.91 Å². The molecule has 0 aromatic carbocycles. The highest BCUT2D eigenvalue weighted by atomic mass is 16.6. The van der Waals surface area contributed by atoms with E-state index in [4.69, 9.17) is 9.47 Å². The van der Waals surface area contributed by atoms with Gasteiger partial charge in [0.1, 0.15) is 5.60 Å². The minimum Gasteiger partial charge on any atom is -0.460 e. The van der Waals surface area contributed by atoms with Crippen LogP contribution in [0.1, 0.15) is 81.6 Å². The molecular formula is C19H37NO4. The fraction of sp³-hybridized carbons (Fsp3) is 0.895. The first-order valence-electron chi connectivity index (χ1n) is 8.79. The van der Waals surface area contributed by atoms with E-state index in [9.17, 15) is 9.59 Å². The first kappa shape index (κ1) is 22.9. The molecule has 0 bridgehead atoms. The summed E-state index contributed by atoms with van der Waals surface area (Å²) in [6.45, 7) is 17.9. The molecule has 1 amide bonds. The Labute approximate surface area is 147 Å². The molecule has 0 radical (unpaired) electrons. The molecule has 5 nitrogen and oxygen atoms in total. The Balaban J connectivity index is 4.26. The summed E-state index contributed by atoms with van der Waals surface area (Å²) in [5.41, 5.74) is -1.01. The number of hydrogen-bond donors (Lipinski definition) is 1. The standard InChI is InChI=1S/C19H37NO4/c1-14(10-11-15(21)24-18(5,6)7)16(22)20-19(8,9)12-13-23-17(2,3)4/h14H,10-13H2,1-9H3,(H,20,22)/t14-/m0/s1. The molecule has 142 valence electrons. The Bertz CT molecular complexity index is 416. The topological polar surface area (TPSA) is 64.6 Å². The van der Waals surface area contributed by atoms with Crippen molar-refractivity contribution in [2.45, 2.75) is 98.3 Å². The summed E-state index contributed by atoms with van der Waals surface area (Å²) < 4.78 is 11.0. The van der Waals surface area contributed by atoms with Gasteiger partial charge in [0, 0.05) is 24.5 Å². The third-order valence-electron chi connectivity index (χ3n) is 3.37. The van der Waals surface area contributed by atoms with Gasteiger partial charge in [0.25, 0.3) is 0 Å². The van der Waals surface area contributed by atoms with Crippen molar-refractivity contribution in [2.24, 2.45) is 5.92 Å². The number of hydrogen-bond acceptors (Lipinski definition) is 4. The predicted octanol–water partition coefficient (Wildman–Crippen LogP) is 3.84. The highest BCUT2D eigenvalue weighted by Crippen LogP contribution is 2.16. The fourth-order valence-electron chi connectivity index (χ4n) is 1.99. The second-order valence-corrected chi connectivity index (χ2v) is 9.11. The lowest BCUT2D eigenvalue weighted by Gasteiger charge is -2.29. The van der Waals surface area contributed by atoms with Gasteiger partial charge in [-0.15, -0.1) is 0 Å². The summed E-state index contributed by atoms with van der Waals surface area (Å²) >= 11 is 0. The maximum absolute atomic E-state index is 12.3. The van der Waals surface area contributed by atoms with Crippen molar-refractivity contribution in [3.05, 3.63) is 0 Å². The number of carbonyl (C=O) groups excluding carboxylic acids is 2. The highest BCUT2D eigenvalue weighted by Gasteiger charge is 2.25. The minimum atomic E-state index is -0.488. The summed E-state index contributed by atoms with van der Waals surface area (Å²) in [6.07, 6.45) is 1.46. The molecule has 1 atom stereocenters. The molecule has 0 unspecified atom stereocenters. The smallest absolute Gasteiger partial charge is 0.306 e. The summed E-state index contributed by atoms with van der Waals surface area (Å²) in [5, 5.41) is 3.04. The summed E-state index contributed by atoms with van der Waals surface area (Å²) in [4.78, 5) is 24.0. The van der Waals surface area contributed by atoms with Crippen LogP contribution in [0.25, 0.3) is 0 Å². The van der Waals surface area contributed by atoms with Crippen LogP contribution in [0.3, 0.4) is 0 Å². The first-order chi connectivity index (χ1) is 10.6. The summed E-state index contributed by atoms with van der Waals surface area (Å²) in [7, 11) is 0. The molecule has 0 aromatic rings. The SMILES string of the molecule is C[C@@H](CCC(=O)OC(C)(C)C)C(=O)NC(C)(C)CCOC(C)(C)C. The van der Waals surface area contributed by atoms with Crippen molar-refractivity contribution in [1.29, 1.82) is 0 Å². The molecule has 0 aliphatic heterocycles. The molecule has 1 N–H and O–H groups in total. The van der Waals surface area contributed by atoms with Crippen LogP contribution in [0.5, 0.6) is 0 Å². The Morgan fingerprint density at radius 2 is 1.50 bits per heavy atom. The Morgan fingerprint density at radius 1 is 0.958 bits per heavy atom. The van der Waals surface area contributed by atoms with Crippen LogP contribution in [-0.2, 0) is 19.1 Å². The second-order valence-electron chi connectivity index (χ2n) is 9.11. The minimum absolute atomic E-state index is 0.0423. The van der Waals surface area contributed by atoms with E-state index in [1.165, 1.54) is 0 Å². The van der Waals surface area contributed by atoms with E-state index in [0.29, 0.717) is 13.0 Å². The zero-order valence-corrected chi connectivity index (χ0v) is 17.0. The van der Waals surface area contributed by atoms with Crippen LogP contribution < -0.4 is 5.32 Å². The fourth-order valence-corrected chi connectivity index (χ4v) is 1.99. The lowest BCUT2D eigenvalue weighted by molar-refractivity contribution is -0.155. The van der Waals surface area contributed by atoms with Crippen LogP contribution in [0.4, 0.5) is 0 Å². The maximum atomic E-state index is 12.3. The van der Waals surface area contributed by atoms with Crippen molar-refractivity contribution >= 4 is 11.9 Å². The van der Waals surface area contributed by atoms with Crippen molar-refractivity contribution in [3.8, 4) is 0 Å². The lowest BCUT2D eigenvalue weighted by Crippen LogP contribution is -2.46. The number of ether oxygens (including phenoxy) is 2. The highest BCUT2D eigenvalue weighted by molar-refractivity contribution is 5.79. The molecule has 24 heavy (non-hydrogen) atoms. The summed E-state index contributed by atoms with van der Waals surface area (Å²) in [5.74, 6) is -0.542. The quantitative estimate of drug-likeness (QED) is 0.680. The van der Waals surface area contributed by atoms with Gasteiger partial charge in [-0.25, -0.2) is 0 Å². The van der Waals surface area contributed by atoms with Crippen LogP contribution in [-0.4, -0.2) is 35.2 Å². The normalized spacial score (nSPS) is 14.2. The summed E-state index contributed by atoms with van der Waals surface area (Å²) in [6, 6.07) is 0. The van der Waals surface area contributed by atoms with Crippen molar-refractivity contribution < 1.29 is 19.1 Å².